The Morgan fingerprint density at radius 1 is 1.19 bits per heavy atom. The Kier molecular flexibility index (Phi) is 7.75. The lowest BCUT2D eigenvalue weighted by atomic mass is 10.1. The number of carbonyl (C=O) groups excluding carboxylic acids is 2. The lowest BCUT2D eigenvalue weighted by Gasteiger charge is -2.23. The molecule has 1 rings (SSSR count). The summed E-state index contributed by atoms with van der Waals surface area (Å²) in [5, 5.41) is 3.00. The fourth-order valence-electron chi connectivity index (χ4n) is 1.98. The second kappa shape index (κ2) is 9.12. The van der Waals surface area contributed by atoms with E-state index in [0.29, 0.717) is 24.0 Å². The first kappa shape index (κ1) is 22.1. The minimum Gasteiger partial charge on any atom is -0.493 e. The molecule has 0 heterocycles. The maximum absolute atomic E-state index is 12.4. The molecule has 1 unspecified atom stereocenters. The third-order valence-corrected chi connectivity index (χ3v) is 3.46. The fraction of sp³-hybridized carbons (Fsp3) is 0.579. The maximum Gasteiger partial charge on any atom is 0.339 e. The number of rotatable bonds is 7. The van der Waals surface area contributed by atoms with Crippen molar-refractivity contribution < 1.29 is 23.8 Å². The lowest BCUT2D eigenvalue weighted by Crippen LogP contribution is -2.46. The number of benzene rings is 1. The highest BCUT2D eigenvalue weighted by atomic mass is 35.5. The number of carbonyl (C=O) groups is 2. The molecule has 1 aromatic carbocycles. The lowest BCUT2D eigenvalue weighted by molar-refractivity contribution is -0.130. The van der Waals surface area contributed by atoms with Gasteiger partial charge in [-0.05, 0) is 45.7 Å². The highest BCUT2D eigenvalue weighted by Gasteiger charge is 2.24. The summed E-state index contributed by atoms with van der Waals surface area (Å²) in [7, 11) is 1.46. The number of hydrogen-bond acceptors (Lipinski definition) is 5. The molecule has 0 radical (unpaired) electrons. The van der Waals surface area contributed by atoms with Crippen LogP contribution < -0.4 is 14.8 Å². The van der Waals surface area contributed by atoms with Crippen LogP contribution in [0.1, 0.15) is 51.9 Å². The van der Waals surface area contributed by atoms with Crippen molar-refractivity contribution in [2.45, 2.75) is 53.2 Å². The normalized spacial score (nSPS) is 12.5. The SMILES string of the molecule is COc1cc(C(=O)OC(C)C(=O)NC(C)(C)C)cc(Cl)c1OCC(C)C. The first-order chi connectivity index (χ1) is 11.9. The minimum atomic E-state index is -0.941. The average molecular weight is 386 g/mol. The Morgan fingerprint density at radius 2 is 1.81 bits per heavy atom. The zero-order chi connectivity index (χ0) is 20.1. The molecule has 146 valence electrons. The average Bonchev–Trinajstić information content (AvgIpc) is 2.50. The summed E-state index contributed by atoms with van der Waals surface area (Å²) in [4.78, 5) is 24.4. The van der Waals surface area contributed by atoms with E-state index in [1.165, 1.54) is 26.2 Å². The third kappa shape index (κ3) is 6.75. The van der Waals surface area contributed by atoms with Crippen LogP contribution in [0.4, 0.5) is 0 Å². The molecule has 1 amide bonds. The van der Waals surface area contributed by atoms with E-state index in [2.05, 4.69) is 5.32 Å². The van der Waals surface area contributed by atoms with Gasteiger partial charge in [-0.2, -0.15) is 0 Å². The smallest absolute Gasteiger partial charge is 0.339 e. The summed E-state index contributed by atoms with van der Waals surface area (Å²) in [6.45, 7) is 11.5. The minimum absolute atomic E-state index is 0.180. The zero-order valence-corrected chi connectivity index (χ0v) is 17.2. The Hall–Kier alpha value is -1.95. The monoisotopic (exact) mass is 385 g/mol. The molecule has 0 spiro atoms. The van der Waals surface area contributed by atoms with Crippen LogP contribution in [-0.2, 0) is 9.53 Å². The van der Waals surface area contributed by atoms with E-state index in [1.54, 1.807) is 0 Å². The molecule has 0 aliphatic heterocycles. The Morgan fingerprint density at radius 3 is 2.31 bits per heavy atom. The van der Waals surface area contributed by atoms with E-state index >= 15 is 0 Å². The largest absolute Gasteiger partial charge is 0.493 e. The van der Waals surface area contributed by atoms with Gasteiger partial charge in [-0.1, -0.05) is 25.4 Å². The second-order valence-electron chi connectivity index (χ2n) is 7.48. The first-order valence-corrected chi connectivity index (χ1v) is 8.85. The fourth-order valence-corrected chi connectivity index (χ4v) is 2.25. The van der Waals surface area contributed by atoms with Crippen LogP contribution in [0.2, 0.25) is 5.02 Å². The van der Waals surface area contributed by atoms with Gasteiger partial charge in [0.25, 0.3) is 5.91 Å². The van der Waals surface area contributed by atoms with Gasteiger partial charge in [0.2, 0.25) is 0 Å². The number of nitrogens with one attached hydrogen (secondary N) is 1. The van der Waals surface area contributed by atoms with Gasteiger partial charge in [-0.25, -0.2) is 4.79 Å². The highest BCUT2D eigenvalue weighted by molar-refractivity contribution is 6.32. The van der Waals surface area contributed by atoms with E-state index in [1.807, 2.05) is 34.6 Å². The highest BCUT2D eigenvalue weighted by Crippen LogP contribution is 2.37. The number of ether oxygens (including phenoxy) is 3. The molecule has 0 aliphatic rings. The topological polar surface area (TPSA) is 73.9 Å². The van der Waals surface area contributed by atoms with Crippen molar-refractivity contribution in [3.05, 3.63) is 22.7 Å². The zero-order valence-electron chi connectivity index (χ0n) is 16.4. The summed E-state index contributed by atoms with van der Waals surface area (Å²) < 4.78 is 16.2. The maximum atomic E-state index is 12.4. The summed E-state index contributed by atoms with van der Waals surface area (Å²) in [5.74, 6) is -0.0320. The van der Waals surface area contributed by atoms with Crippen LogP contribution in [0.3, 0.4) is 0 Å². The van der Waals surface area contributed by atoms with Crippen LogP contribution in [0.15, 0.2) is 12.1 Å². The van der Waals surface area contributed by atoms with Crippen LogP contribution in [-0.4, -0.2) is 37.2 Å². The Balaban J connectivity index is 2.92. The molecule has 0 saturated heterocycles. The van der Waals surface area contributed by atoms with Gasteiger partial charge >= 0.3 is 5.97 Å². The Bertz CT molecular complexity index is 652. The molecule has 0 aliphatic carbocycles. The van der Waals surface area contributed by atoms with Crippen molar-refractivity contribution >= 4 is 23.5 Å². The molecule has 0 saturated carbocycles. The molecule has 0 fully saturated rings. The molecule has 1 atom stereocenters. The summed E-state index contributed by atoms with van der Waals surface area (Å²) >= 11 is 6.24. The van der Waals surface area contributed by atoms with Crippen molar-refractivity contribution in [3.63, 3.8) is 0 Å². The molecule has 0 bridgehead atoms. The predicted octanol–water partition coefficient (Wildman–Crippen LogP) is 3.84. The standard InChI is InChI=1S/C19H28ClNO5/c1-11(2)10-25-16-14(20)8-13(9-15(16)24-7)18(23)26-12(3)17(22)21-19(4,5)6/h8-9,11-12H,10H2,1-7H3,(H,21,22). The van der Waals surface area contributed by atoms with E-state index < -0.39 is 17.6 Å². The van der Waals surface area contributed by atoms with Crippen molar-refractivity contribution in [1.82, 2.24) is 5.32 Å². The second-order valence-corrected chi connectivity index (χ2v) is 7.89. The van der Waals surface area contributed by atoms with Crippen molar-refractivity contribution in [1.29, 1.82) is 0 Å². The molecule has 6 nitrogen and oxygen atoms in total. The summed E-state index contributed by atoms with van der Waals surface area (Å²) in [5.41, 5.74) is -0.237. The van der Waals surface area contributed by atoms with E-state index in [4.69, 9.17) is 25.8 Å². The van der Waals surface area contributed by atoms with Gasteiger partial charge in [0.1, 0.15) is 0 Å². The van der Waals surface area contributed by atoms with Gasteiger partial charge in [0, 0.05) is 5.54 Å². The molecule has 0 aromatic heterocycles. The molecule has 1 aromatic rings. The number of amides is 1. The molecular weight excluding hydrogens is 358 g/mol. The van der Waals surface area contributed by atoms with Crippen LogP contribution >= 0.6 is 11.6 Å². The first-order valence-electron chi connectivity index (χ1n) is 8.48. The third-order valence-electron chi connectivity index (χ3n) is 3.18. The quantitative estimate of drug-likeness (QED) is 0.722. The molecule has 26 heavy (non-hydrogen) atoms. The van der Waals surface area contributed by atoms with E-state index in [-0.39, 0.29) is 16.5 Å². The van der Waals surface area contributed by atoms with E-state index in [9.17, 15) is 9.59 Å². The summed E-state index contributed by atoms with van der Waals surface area (Å²) in [6, 6.07) is 2.93. The molecule has 7 heteroatoms. The molecule has 1 N–H and O–H groups in total. The summed E-state index contributed by atoms with van der Waals surface area (Å²) in [6.07, 6.45) is -0.941. The van der Waals surface area contributed by atoms with E-state index in [0.717, 1.165) is 0 Å². The van der Waals surface area contributed by atoms with Gasteiger partial charge in [-0.15, -0.1) is 0 Å². The molecular formula is C19H28ClNO5. The van der Waals surface area contributed by atoms with Gasteiger partial charge in [0.05, 0.1) is 24.3 Å². The van der Waals surface area contributed by atoms with Gasteiger partial charge < -0.3 is 19.5 Å². The van der Waals surface area contributed by atoms with Crippen LogP contribution in [0.25, 0.3) is 0 Å². The van der Waals surface area contributed by atoms with Crippen LogP contribution in [0.5, 0.6) is 11.5 Å². The van der Waals surface area contributed by atoms with Crippen molar-refractivity contribution in [2.24, 2.45) is 5.92 Å². The Labute approximate surface area is 160 Å². The number of methoxy groups -OCH3 is 1. The van der Waals surface area contributed by atoms with Gasteiger partial charge in [0.15, 0.2) is 17.6 Å². The predicted molar refractivity (Wildman–Crippen MR) is 101 cm³/mol. The van der Waals surface area contributed by atoms with Crippen molar-refractivity contribution in [2.75, 3.05) is 13.7 Å². The van der Waals surface area contributed by atoms with Crippen molar-refractivity contribution in [3.8, 4) is 11.5 Å². The van der Waals surface area contributed by atoms with Gasteiger partial charge in [-0.3, -0.25) is 4.79 Å². The number of hydrogen-bond donors (Lipinski definition) is 1. The van der Waals surface area contributed by atoms with Crippen LogP contribution in [0, 0.1) is 5.92 Å². The number of halogens is 1. The number of esters is 1.